The van der Waals surface area contributed by atoms with Crippen molar-refractivity contribution in [3.8, 4) is 0 Å². The van der Waals surface area contributed by atoms with Crippen LogP contribution in [0.25, 0.3) is 0 Å². The molecule has 6 nitrogen and oxygen atoms in total. The van der Waals surface area contributed by atoms with Gasteiger partial charge in [0.2, 0.25) is 0 Å². The van der Waals surface area contributed by atoms with Crippen molar-refractivity contribution in [3.63, 3.8) is 0 Å². The molecule has 1 unspecified atom stereocenters. The molecule has 6 heteroatoms. The average Bonchev–Trinajstić information content (AvgIpc) is 3.14. The summed E-state index contributed by atoms with van der Waals surface area (Å²) in [5.74, 6) is 0.843. The normalized spacial score (nSPS) is 13.0. The first-order valence-electron chi connectivity index (χ1n) is 8.93. The van der Waals surface area contributed by atoms with Gasteiger partial charge in [-0.1, -0.05) is 30.3 Å². The van der Waals surface area contributed by atoms with Crippen LogP contribution in [0.15, 0.2) is 47.6 Å². The lowest BCUT2D eigenvalue weighted by Gasteiger charge is -2.25. The van der Waals surface area contributed by atoms with Crippen molar-refractivity contribution in [3.05, 3.63) is 53.9 Å². The van der Waals surface area contributed by atoms with E-state index in [9.17, 15) is 0 Å². The van der Waals surface area contributed by atoms with Crippen molar-refractivity contribution in [1.29, 1.82) is 0 Å². The Morgan fingerprint density at radius 3 is 2.72 bits per heavy atom. The molecule has 0 aliphatic heterocycles. The maximum absolute atomic E-state index is 4.57. The lowest BCUT2D eigenvalue weighted by molar-refractivity contribution is 0.238. The first-order valence-corrected chi connectivity index (χ1v) is 8.93. The number of nitrogens with one attached hydrogen (secondary N) is 3. The highest BCUT2D eigenvalue weighted by Crippen LogP contribution is 2.07. The Bertz CT molecular complexity index is 608. The van der Waals surface area contributed by atoms with Crippen molar-refractivity contribution in [2.75, 3.05) is 20.1 Å². The summed E-state index contributed by atoms with van der Waals surface area (Å²) in [6.07, 6.45) is 2.80. The largest absolute Gasteiger partial charge is 0.357 e. The lowest BCUT2D eigenvalue weighted by atomic mass is 10.1. The Kier molecular flexibility index (Phi) is 7.98. The summed E-state index contributed by atoms with van der Waals surface area (Å²) < 4.78 is 0. The second-order valence-corrected chi connectivity index (χ2v) is 6.24. The second-order valence-electron chi connectivity index (χ2n) is 6.24. The second kappa shape index (κ2) is 10.5. The number of benzene rings is 1. The molecule has 1 aromatic heterocycles. The van der Waals surface area contributed by atoms with E-state index in [0.29, 0.717) is 12.6 Å². The third-order valence-corrected chi connectivity index (χ3v) is 4.19. The SMILES string of the molecule is CCNC(=NCc1ccn[nH]1)NCCC(C)N(C)Cc1ccccc1. The fraction of sp³-hybridized carbons (Fsp3) is 0.474. The summed E-state index contributed by atoms with van der Waals surface area (Å²) >= 11 is 0. The van der Waals surface area contributed by atoms with E-state index >= 15 is 0 Å². The predicted octanol–water partition coefficient (Wildman–Crippen LogP) is 2.38. The average molecular weight is 342 g/mol. The standard InChI is InChI=1S/C19H30N6/c1-4-20-19(22-14-18-11-13-23-24-18)21-12-10-16(2)25(3)15-17-8-6-5-7-9-17/h5-9,11,13,16H,4,10,12,14-15H2,1-3H3,(H,23,24)(H2,20,21,22). The van der Waals surface area contributed by atoms with Gasteiger partial charge < -0.3 is 10.6 Å². The molecule has 0 radical (unpaired) electrons. The van der Waals surface area contributed by atoms with E-state index in [1.165, 1.54) is 5.56 Å². The monoisotopic (exact) mass is 342 g/mol. The number of rotatable bonds is 9. The van der Waals surface area contributed by atoms with Gasteiger partial charge in [0, 0.05) is 31.9 Å². The van der Waals surface area contributed by atoms with E-state index in [0.717, 1.165) is 37.7 Å². The Hall–Kier alpha value is -2.34. The third-order valence-electron chi connectivity index (χ3n) is 4.19. The molecule has 0 saturated heterocycles. The molecule has 2 aromatic rings. The number of aromatic nitrogens is 2. The highest BCUT2D eigenvalue weighted by atomic mass is 15.2. The van der Waals surface area contributed by atoms with Gasteiger partial charge in [-0.15, -0.1) is 0 Å². The zero-order valence-electron chi connectivity index (χ0n) is 15.5. The van der Waals surface area contributed by atoms with Crippen molar-refractivity contribution < 1.29 is 0 Å². The maximum atomic E-state index is 4.57. The quantitative estimate of drug-likeness (QED) is 0.483. The molecule has 1 heterocycles. The van der Waals surface area contributed by atoms with Gasteiger partial charge in [-0.05, 0) is 38.9 Å². The molecule has 0 amide bonds. The van der Waals surface area contributed by atoms with Gasteiger partial charge in [-0.3, -0.25) is 10.00 Å². The van der Waals surface area contributed by atoms with Crippen molar-refractivity contribution in [2.24, 2.45) is 4.99 Å². The number of aliphatic imine (C=N–C) groups is 1. The van der Waals surface area contributed by atoms with E-state index in [2.05, 4.69) is 82.0 Å². The number of guanidine groups is 1. The number of hydrogen-bond acceptors (Lipinski definition) is 3. The Morgan fingerprint density at radius 1 is 1.24 bits per heavy atom. The zero-order chi connectivity index (χ0) is 17.9. The molecular formula is C19H30N6. The van der Waals surface area contributed by atoms with Gasteiger partial charge in [0.05, 0.1) is 12.2 Å². The van der Waals surface area contributed by atoms with E-state index in [1.54, 1.807) is 6.20 Å². The molecule has 0 fully saturated rings. The van der Waals surface area contributed by atoms with Crippen LogP contribution >= 0.6 is 0 Å². The van der Waals surface area contributed by atoms with E-state index in [4.69, 9.17) is 0 Å². The summed E-state index contributed by atoms with van der Waals surface area (Å²) in [6, 6.07) is 13.0. The van der Waals surface area contributed by atoms with E-state index < -0.39 is 0 Å². The number of hydrogen-bond donors (Lipinski definition) is 3. The van der Waals surface area contributed by atoms with E-state index in [-0.39, 0.29) is 0 Å². The van der Waals surface area contributed by atoms with Crippen molar-refractivity contribution in [1.82, 2.24) is 25.7 Å². The zero-order valence-corrected chi connectivity index (χ0v) is 15.5. The minimum absolute atomic E-state index is 0.489. The van der Waals surface area contributed by atoms with E-state index in [1.807, 2.05) is 6.07 Å². The summed E-state index contributed by atoms with van der Waals surface area (Å²) in [4.78, 5) is 6.96. The molecule has 136 valence electrons. The molecule has 1 aromatic carbocycles. The molecule has 0 saturated carbocycles. The number of H-pyrrole nitrogens is 1. The molecule has 1 atom stereocenters. The Labute approximate surface area is 150 Å². The maximum Gasteiger partial charge on any atom is 0.191 e. The molecule has 3 N–H and O–H groups in total. The summed E-state index contributed by atoms with van der Waals surface area (Å²) in [5, 5.41) is 13.6. The van der Waals surface area contributed by atoms with Crippen LogP contribution in [0.2, 0.25) is 0 Å². The van der Waals surface area contributed by atoms with Gasteiger partial charge in [0.1, 0.15) is 0 Å². The van der Waals surface area contributed by atoms with Crippen LogP contribution in [-0.4, -0.2) is 47.2 Å². The Morgan fingerprint density at radius 2 is 2.04 bits per heavy atom. The summed E-state index contributed by atoms with van der Waals surface area (Å²) in [6.45, 7) is 7.63. The minimum Gasteiger partial charge on any atom is -0.357 e. The van der Waals surface area contributed by atoms with Crippen molar-refractivity contribution in [2.45, 2.75) is 39.4 Å². The minimum atomic E-state index is 0.489. The van der Waals surface area contributed by atoms with Gasteiger partial charge in [-0.2, -0.15) is 5.10 Å². The van der Waals surface area contributed by atoms with Crippen LogP contribution in [0, 0.1) is 0 Å². The molecule has 0 aliphatic carbocycles. The fourth-order valence-corrected chi connectivity index (χ4v) is 2.53. The predicted molar refractivity (Wildman–Crippen MR) is 103 cm³/mol. The van der Waals surface area contributed by atoms with Gasteiger partial charge in [0.15, 0.2) is 5.96 Å². The topological polar surface area (TPSA) is 68.3 Å². The first-order chi connectivity index (χ1) is 12.2. The van der Waals surface area contributed by atoms with Crippen LogP contribution in [0.3, 0.4) is 0 Å². The van der Waals surface area contributed by atoms with Crippen molar-refractivity contribution >= 4 is 5.96 Å². The van der Waals surface area contributed by atoms with Gasteiger partial charge in [0.25, 0.3) is 0 Å². The van der Waals surface area contributed by atoms with Gasteiger partial charge in [-0.25, -0.2) is 4.99 Å². The highest BCUT2D eigenvalue weighted by Gasteiger charge is 2.09. The number of aromatic amines is 1. The molecule has 0 spiro atoms. The molecule has 25 heavy (non-hydrogen) atoms. The van der Waals surface area contributed by atoms with Crippen LogP contribution in [-0.2, 0) is 13.1 Å². The highest BCUT2D eigenvalue weighted by molar-refractivity contribution is 5.79. The Balaban J connectivity index is 1.75. The first kappa shape index (κ1) is 19.0. The summed E-state index contributed by atoms with van der Waals surface area (Å²) in [5.41, 5.74) is 2.35. The van der Waals surface area contributed by atoms with Crippen LogP contribution in [0.5, 0.6) is 0 Å². The smallest absolute Gasteiger partial charge is 0.191 e. The third kappa shape index (κ3) is 6.97. The lowest BCUT2D eigenvalue weighted by Crippen LogP contribution is -2.40. The fourth-order valence-electron chi connectivity index (χ4n) is 2.53. The molecule has 0 bridgehead atoms. The van der Waals surface area contributed by atoms with Crippen LogP contribution in [0.4, 0.5) is 0 Å². The van der Waals surface area contributed by atoms with Gasteiger partial charge >= 0.3 is 0 Å². The molecular weight excluding hydrogens is 312 g/mol. The number of nitrogens with zero attached hydrogens (tertiary/aromatic N) is 3. The summed E-state index contributed by atoms with van der Waals surface area (Å²) in [7, 11) is 2.18. The molecule has 0 aliphatic rings. The molecule has 2 rings (SSSR count). The van der Waals surface area contributed by atoms with Crippen LogP contribution in [0.1, 0.15) is 31.5 Å². The van der Waals surface area contributed by atoms with Crippen LogP contribution < -0.4 is 10.6 Å².